The van der Waals surface area contributed by atoms with Crippen molar-refractivity contribution in [3.63, 3.8) is 0 Å². The normalized spacial score (nSPS) is 11.5. The fourth-order valence-electron chi connectivity index (χ4n) is 3.71. The molecule has 3 aromatic heterocycles. The average Bonchev–Trinajstić information content (AvgIpc) is 3.47. The molecule has 0 spiro atoms. The van der Waals surface area contributed by atoms with E-state index in [0.29, 0.717) is 5.82 Å². The summed E-state index contributed by atoms with van der Waals surface area (Å²) in [4.78, 5) is 4.32. The lowest BCUT2D eigenvalue weighted by molar-refractivity contribution is 0.965. The van der Waals surface area contributed by atoms with Crippen LogP contribution in [-0.2, 0) is 0 Å². The van der Waals surface area contributed by atoms with Crippen LogP contribution in [0.2, 0.25) is 0 Å². The maximum atomic E-state index is 4.82. The topological polar surface area (TPSA) is 58.9 Å². The minimum Gasteiger partial charge on any atom is -0.351 e. The van der Waals surface area contributed by atoms with Gasteiger partial charge in [-0.05, 0) is 23.8 Å². The summed E-state index contributed by atoms with van der Waals surface area (Å²) >= 11 is 5.14. The van der Waals surface area contributed by atoms with Crippen molar-refractivity contribution < 1.29 is 0 Å². The molecule has 144 valence electrons. The Morgan fingerprint density at radius 3 is 2.33 bits per heavy atom. The van der Waals surface area contributed by atoms with E-state index >= 15 is 0 Å². The van der Waals surface area contributed by atoms with Crippen molar-refractivity contribution in [1.29, 1.82) is 0 Å². The van der Waals surface area contributed by atoms with Crippen LogP contribution in [0, 0.1) is 0 Å². The van der Waals surface area contributed by atoms with E-state index in [9.17, 15) is 0 Å². The summed E-state index contributed by atoms with van der Waals surface area (Å²) in [6.45, 7) is 0. The van der Waals surface area contributed by atoms with Gasteiger partial charge >= 0.3 is 0 Å². The number of halogens is 1. The van der Waals surface area contributed by atoms with Crippen molar-refractivity contribution >= 4 is 43.1 Å². The second-order valence-corrected chi connectivity index (χ2v) is 8.79. The molecule has 7 heteroatoms. The average molecular weight is 472 g/mol. The molecule has 0 fully saturated rings. The SMILES string of the molecule is Brc1ccc2[nH]c(-c3nnc4sc(-c5ccccc5)nn34)c(-c3ccccc3)c2c1. The van der Waals surface area contributed by atoms with Crippen LogP contribution in [0.1, 0.15) is 0 Å². The van der Waals surface area contributed by atoms with E-state index in [1.54, 1.807) is 0 Å². The third kappa shape index (κ3) is 2.78. The predicted molar refractivity (Wildman–Crippen MR) is 125 cm³/mol. The van der Waals surface area contributed by atoms with Crippen LogP contribution in [0.15, 0.2) is 83.3 Å². The summed E-state index contributed by atoms with van der Waals surface area (Å²) in [7, 11) is 0. The molecule has 0 amide bonds. The first-order valence-corrected chi connectivity index (χ1v) is 11.0. The van der Waals surface area contributed by atoms with E-state index in [2.05, 4.69) is 67.5 Å². The summed E-state index contributed by atoms with van der Waals surface area (Å²) < 4.78 is 2.86. The monoisotopic (exact) mass is 471 g/mol. The summed E-state index contributed by atoms with van der Waals surface area (Å²) in [5, 5.41) is 15.8. The highest BCUT2D eigenvalue weighted by molar-refractivity contribution is 9.10. The van der Waals surface area contributed by atoms with Gasteiger partial charge in [0.05, 0.1) is 5.69 Å². The molecule has 0 saturated heterocycles. The van der Waals surface area contributed by atoms with Gasteiger partial charge in [-0.3, -0.25) is 0 Å². The van der Waals surface area contributed by atoms with Gasteiger partial charge in [0.25, 0.3) is 0 Å². The van der Waals surface area contributed by atoms with Crippen LogP contribution in [0.4, 0.5) is 0 Å². The maximum Gasteiger partial charge on any atom is 0.235 e. The Morgan fingerprint density at radius 2 is 1.57 bits per heavy atom. The first-order chi connectivity index (χ1) is 14.8. The lowest BCUT2D eigenvalue weighted by Crippen LogP contribution is -1.93. The molecule has 0 aliphatic rings. The van der Waals surface area contributed by atoms with Gasteiger partial charge in [0, 0.05) is 26.5 Å². The Morgan fingerprint density at radius 1 is 0.833 bits per heavy atom. The van der Waals surface area contributed by atoms with E-state index in [0.717, 1.165) is 47.7 Å². The molecule has 0 unspecified atom stereocenters. The Balaban J connectivity index is 1.62. The van der Waals surface area contributed by atoms with E-state index in [1.165, 1.54) is 11.3 Å². The van der Waals surface area contributed by atoms with Crippen LogP contribution in [0.25, 0.3) is 49.1 Å². The standard InChI is InChI=1S/C23H14BrN5S/c24-16-11-12-18-17(13-16)19(14-7-3-1-4-8-14)20(25-18)21-26-27-23-29(21)28-22(30-23)15-9-5-2-6-10-15/h1-13,25H. The van der Waals surface area contributed by atoms with Gasteiger partial charge in [-0.25, -0.2) is 0 Å². The van der Waals surface area contributed by atoms with Crippen LogP contribution in [0.5, 0.6) is 0 Å². The minimum atomic E-state index is 0.703. The van der Waals surface area contributed by atoms with Crippen LogP contribution in [-0.4, -0.2) is 24.8 Å². The number of fused-ring (bicyclic) bond motifs is 2. The summed E-state index contributed by atoms with van der Waals surface area (Å²) in [5.74, 6) is 0.703. The number of nitrogens with one attached hydrogen (secondary N) is 1. The van der Waals surface area contributed by atoms with Crippen LogP contribution in [0.3, 0.4) is 0 Å². The quantitative estimate of drug-likeness (QED) is 0.323. The molecular weight excluding hydrogens is 458 g/mol. The lowest BCUT2D eigenvalue weighted by atomic mass is 10.0. The Hall–Kier alpha value is -3.29. The number of H-pyrrole nitrogens is 1. The van der Waals surface area contributed by atoms with Crippen LogP contribution >= 0.6 is 27.3 Å². The van der Waals surface area contributed by atoms with E-state index < -0.39 is 0 Å². The molecule has 0 atom stereocenters. The molecule has 0 aliphatic heterocycles. The maximum absolute atomic E-state index is 4.82. The molecule has 30 heavy (non-hydrogen) atoms. The Labute approximate surface area is 184 Å². The van der Waals surface area contributed by atoms with Gasteiger partial charge in [0.15, 0.2) is 0 Å². The molecule has 0 aliphatic carbocycles. The van der Waals surface area contributed by atoms with Crippen molar-refractivity contribution in [2.24, 2.45) is 0 Å². The van der Waals surface area contributed by atoms with Gasteiger partial charge in [0.2, 0.25) is 10.8 Å². The summed E-state index contributed by atoms with van der Waals surface area (Å²) in [6.07, 6.45) is 0. The molecule has 6 aromatic rings. The first kappa shape index (κ1) is 17.6. The number of hydrogen-bond donors (Lipinski definition) is 1. The molecule has 0 radical (unpaired) electrons. The highest BCUT2D eigenvalue weighted by atomic mass is 79.9. The van der Waals surface area contributed by atoms with Gasteiger partial charge < -0.3 is 4.98 Å². The molecule has 1 N–H and O–H groups in total. The molecule has 0 saturated carbocycles. The largest absolute Gasteiger partial charge is 0.351 e. The third-order valence-electron chi connectivity index (χ3n) is 5.06. The molecule has 0 bridgehead atoms. The fourth-order valence-corrected chi connectivity index (χ4v) is 4.91. The minimum absolute atomic E-state index is 0.703. The number of aromatic nitrogens is 5. The van der Waals surface area contributed by atoms with Crippen molar-refractivity contribution in [3.8, 4) is 33.2 Å². The Bertz CT molecular complexity index is 1500. The number of benzene rings is 3. The zero-order valence-electron chi connectivity index (χ0n) is 15.6. The lowest BCUT2D eigenvalue weighted by Gasteiger charge is -2.03. The van der Waals surface area contributed by atoms with E-state index in [-0.39, 0.29) is 0 Å². The van der Waals surface area contributed by atoms with Crippen molar-refractivity contribution in [1.82, 2.24) is 24.8 Å². The zero-order valence-corrected chi connectivity index (χ0v) is 18.0. The van der Waals surface area contributed by atoms with Crippen molar-refractivity contribution in [3.05, 3.63) is 83.3 Å². The third-order valence-corrected chi connectivity index (χ3v) is 6.50. The fraction of sp³-hybridized carbons (Fsp3) is 0. The Kier molecular flexibility index (Phi) is 4.04. The molecule has 3 aromatic carbocycles. The highest BCUT2D eigenvalue weighted by Crippen LogP contribution is 2.39. The smallest absolute Gasteiger partial charge is 0.235 e. The van der Waals surface area contributed by atoms with Gasteiger partial charge in [-0.1, -0.05) is 87.9 Å². The summed E-state index contributed by atoms with van der Waals surface area (Å²) in [5.41, 5.74) is 5.24. The zero-order chi connectivity index (χ0) is 20.1. The second-order valence-electron chi connectivity index (χ2n) is 6.92. The van der Waals surface area contributed by atoms with Gasteiger partial charge in [-0.15, -0.1) is 10.2 Å². The van der Waals surface area contributed by atoms with Crippen molar-refractivity contribution in [2.75, 3.05) is 0 Å². The first-order valence-electron chi connectivity index (χ1n) is 9.42. The molecule has 3 heterocycles. The molecule has 6 rings (SSSR count). The second kappa shape index (κ2) is 6.90. The molecular formula is C23H14BrN5S. The van der Waals surface area contributed by atoms with Crippen LogP contribution < -0.4 is 0 Å². The van der Waals surface area contributed by atoms with E-state index in [1.807, 2.05) is 47.0 Å². The predicted octanol–water partition coefficient (Wildman–Crippen LogP) is 6.43. The van der Waals surface area contributed by atoms with Gasteiger partial charge in [0.1, 0.15) is 5.01 Å². The number of aromatic amines is 1. The van der Waals surface area contributed by atoms with Gasteiger partial charge in [-0.2, -0.15) is 9.61 Å². The number of hydrogen-bond acceptors (Lipinski definition) is 4. The summed E-state index contributed by atoms with van der Waals surface area (Å²) in [6, 6.07) is 26.7. The van der Waals surface area contributed by atoms with E-state index in [4.69, 9.17) is 5.10 Å². The number of nitrogens with zero attached hydrogens (tertiary/aromatic N) is 4. The molecule has 5 nitrogen and oxygen atoms in total. The highest BCUT2D eigenvalue weighted by Gasteiger charge is 2.21. The van der Waals surface area contributed by atoms with Crippen molar-refractivity contribution in [2.45, 2.75) is 0 Å². The number of rotatable bonds is 3.